The van der Waals surface area contributed by atoms with Gasteiger partial charge in [0.25, 0.3) is 0 Å². The number of allylic oxidation sites excluding steroid dienone is 24. The van der Waals surface area contributed by atoms with E-state index in [1.807, 2.05) is 0 Å². The number of phosphoric ester groups is 2. The molecular weight excluding hydrogens is 1340 g/mol. The Morgan fingerprint density at radius 3 is 0.816 bits per heavy atom. The zero-order valence-electron chi connectivity index (χ0n) is 64.4. The van der Waals surface area contributed by atoms with Crippen LogP contribution in [0.4, 0.5) is 0 Å². The molecule has 0 saturated carbocycles. The largest absolute Gasteiger partial charge is 0.472 e. The fourth-order valence-corrected chi connectivity index (χ4v) is 12.1. The molecule has 0 bridgehead atoms. The van der Waals surface area contributed by atoms with Crippen LogP contribution in [0.25, 0.3) is 0 Å². The summed E-state index contributed by atoms with van der Waals surface area (Å²) in [6.07, 6.45) is 94.7. The Balaban J connectivity index is 4.47. The maximum absolute atomic E-state index is 13.0. The lowest BCUT2D eigenvalue weighted by atomic mass is 10.0. The van der Waals surface area contributed by atoms with Gasteiger partial charge < -0.3 is 34.2 Å². The van der Waals surface area contributed by atoms with Crippen molar-refractivity contribution >= 4 is 33.6 Å². The molecule has 4 N–H and O–H groups in total. The van der Waals surface area contributed by atoms with Crippen LogP contribution in [-0.2, 0) is 55.8 Å². The van der Waals surface area contributed by atoms with Gasteiger partial charge in [0.2, 0.25) is 0 Å². The molecule has 16 nitrogen and oxygen atoms in total. The Morgan fingerprint density at radius 1 is 0.282 bits per heavy atom. The minimum atomic E-state index is -4.94. The van der Waals surface area contributed by atoms with Gasteiger partial charge in [0.15, 0.2) is 6.10 Å². The van der Waals surface area contributed by atoms with Gasteiger partial charge in [-0.25, -0.2) is 9.13 Å². The van der Waals surface area contributed by atoms with E-state index in [0.29, 0.717) is 19.3 Å². The Hall–Kier alpha value is -4.57. The average molecular weight is 1480 g/mol. The summed E-state index contributed by atoms with van der Waals surface area (Å²) in [6.45, 7) is 2.40. The molecule has 0 aliphatic rings. The molecule has 0 aromatic heterocycles. The number of carbonyl (C=O) groups excluding carboxylic acids is 3. The van der Waals surface area contributed by atoms with Crippen LogP contribution in [0.2, 0.25) is 0 Å². The molecule has 0 aliphatic carbocycles. The number of unbranched alkanes of at least 4 members (excludes halogenated alkanes) is 28. The highest BCUT2D eigenvalue weighted by atomic mass is 31.2. The quantitative estimate of drug-likeness (QED) is 0.0146. The van der Waals surface area contributed by atoms with Gasteiger partial charge in [0.1, 0.15) is 25.4 Å². The van der Waals surface area contributed by atoms with Crippen molar-refractivity contribution in [2.45, 2.75) is 334 Å². The third kappa shape index (κ3) is 78.3. The molecule has 0 saturated heterocycles. The zero-order valence-corrected chi connectivity index (χ0v) is 66.2. The molecular formula is C85H144O16P2. The monoisotopic (exact) mass is 1480 g/mol. The number of hydrogen-bond donors (Lipinski definition) is 4. The highest BCUT2D eigenvalue weighted by Gasteiger charge is 2.29. The van der Waals surface area contributed by atoms with E-state index in [2.05, 4.69) is 167 Å². The molecule has 5 unspecified atom stereocenters. The third-order valence-electron chi connectivity index (χ3n) is 16.5. The van der Waals surface area contributed by atoms with Crippen LogP contribution in [0.15, 0.2) is 146 Å². The van der Waals surface area contributed by atoms with Crippen molar-refractivity contribution in [3.63, 3.8) is 0 Å². The van der Waals surface area contributed by atoms with E-state index in [9.17, 15) is 43.5 Å². The number of ether oxygens (including phenoxy) is 3. The van der Waals surface area contributed by atoms with Crippen molar-refractivity contribution in [1.82, 2.24) is 0 Å². The van der Waals surface area contributed by atoms with Crippen molar-refractivity contribution in [2.24, 2.45) is 0 Å². The molecule has 0 radical (unpaired) electrons. The first kappa shape index (κ1) is 98.4. The van der Waals surface area contributed by atoms with Crippen LogP contribution >= 0.6 is 15.6 Å². The maximum Gasteiger partial charge on any atom is 0.472 e. The standard InChI is InChI=1S/C85H144O16P2/c1-4-7-10-13-16-19-22-25-28-30-32-33-34-35-36-37-38-39-40-41-42-43-44-45-47-49-51-53-56-59-62-65-68-71-83(88)95-74-80(86)75-97-102(91,92)98-76-81(87)77-99-103(93,94)100-79-82(101-85(90)73-70-67-64-61-58-55-50-27-24-21-18-15-12-9-6-3)78-96-84(89)72-69-66-63-60-57-54-52-48-46-31-29-26-23-20-17-14-11-8-5-2/h7-8,10-11,16-21,25-29,32-33,35-36,38-39,46,48,50,80-82,86-87H,4-6,9,12-15,22-24,30-31,34,37,40-45,47,49,51-79H2,1-3H3,(H,91,92)(H,93,94)/b10-7-,11-8-,19-16-,20-17-,21-18-,28-25-,29-26-,33-32-,36-35-,39-38-,48-46-,50-27-. The molecule has 5 atom stereocenters. The number of carbonyl (C=O) groups is 3. The van der Waals surface area contributed by atoms with E-state index in [1.54, 1.807) is 0 Å². The molecule has 0 aromatic carbocycles. The summed E-state index contributed by atoms with van der Waals surface area (Å²) in [5.74, 6) is -1.61. The molecule has 0 fully saturated rings. The maximum atomic E-state index is 13.0. The first-order chi connectivity index (χ1) is 50.2. The Kier molecular flexibility index (Phi) is 73.6. The van der Waals surface area contributed by atoms with Crippen molar-refractivity contribution < 1.29 is 75.8 Å². The summed E-state index contributed by atoms with van der Waals surface area (Å²) in [7, 11) is -9.80. The van der Waals surface area contributed by atoms with E-state index in [4.69, 9.17) is 32.3 Å². The van der Waals surface area contributed by atoms with E-state index < -0.39 is 91.5 Å². The van der Waals surface area contributed by atoms with Crippen molar-refractivity contribution in [2.75, 3.05) is 39.6 Å². The predicted molar refractivity (Wildman–Crippen MR) is 426 cm³/mol. The topological polar surface area (TPSA) is 231 Å². The van der Waals surface area contributed by atoms with E-state index >= 15 is 0 Å². The number of hydrogen-bond acceptors (Lipinski definition) is 14. The Labute approximate surface area is 626 Å². The Bertz CT molecular complexity index is 2450. The van der Waals surface area contributed by atoms with Gasteiger partial charge in [-0.15, -0.1) is 0 Å². The minimum Gasteiger partial charge on any atom is -0.463 e. The molecule has 0 amide bonds. The second-order valence-electron chi connectivity index (χ2n) is 26.5. The molecule has 0 heterocycles. The fraction of sp³-hybridized carbons (Fsp3) is 0.682. The number of phosphoric acid groups is 2. The molecule has 0 spiro atoms. The van der Waals surface area contributed by atoms with Crippen LogP contribution < -0.4 is 0 Å². The number of rotatable bonds is 75. The predicted octanol–water partition coefficient (Wildman–Crippen LogP) is 23.7. The molecule has 18 heteroatoms. The van der Waals surface area contributed by atoms with Gasteiger partial charge in [-0.2, -0.15) is 0 Å². The lowest BCUT2D eigenvalue weighted by Crippen LogP contribution is -2.30. The van der Waals surface area contributed by atoms with Gasteiger partial charge in [-0.05, 0) is 141 Å². The average Bonchev–Trinajstić information content (AvgIpc) is 0.916. The number of aliphatic hydroxyl groups is 2. The molecule has 590 valence electrons. The number of aliphatic hydroxyl groups excluding tert-OH is 2. The van der Waals surface area contributed by atoms with Crippen molar-refractivity contribution in [3.8, 4) is 0 Å². The van der Waals surface area contributed by atoms with Crippen LogP contribution in [-0.4, -0.2) is 95.9 Å². The highest BCUT2D eigenvalue weighted by molar-refractivity contribution is 7.47. The first-order valence-corrected chi connectivity index (χ1v) is 43.1. The summed E-state index contributed by atoms with van der Waals surface area (Å²) in [5.41, 5.74) is 0. The first-order valence-electron chi connectivity index (χ1n) is 40.1. The second kappa shape index (κ2) is 77.1. The third-order valence-corrected chi connectivity index (χ3v) is 18.4. The SMILES string of the molecule is CC/C=C\C/C=C\C/C=C\C/C=C\C/C=C\C/C=C\CCCCCCCCCCCCCCCCC(=O)OCC(O)COP(=O)(O)OCC(O)COP(=O)(O)OCC(COC(=O)CCCCCCCC/C=C\C/C=C\C/C=C\C/C=C\CC)OC(=O)CCCCCCC/C=C\C/C=C\CCCCC. The highest BCUT2D eigenvalue weighted by Crippen LogP contribution is 2.45. The summed E-state index contributed by atoms with van der Waals surface area (Å²) in [4.78, 5) is 58.6. The minimum absolute atomic E-state index is 0.0826. The van der Waals surface area contributed by atoms with Crippen molar-refractivity contribution in [1.29, 1.82) is 0 Å². The Morgan fingerprint density at radius 2 is 0.515 bits per heavy atom. The van der Waals surface area contributed by atoms with Gasteiger partial charge in [0, 0.05) is 19.3 Å². The van der Waals surface area contributed by atoms with E-state index in [1.165, 1.54) is 83.5 Å². The smallest absolute Gasteiger partial charge is 0.463 e. The lowest BCUT2D eigenvalue weighted by molar-refractivity contribution is -0.161. The van der Waals surface area contributed by atoms with Crippen molar-refractivity contribution in [3.05, 3.63) is 146 Å². The van der Waals surface area contributed by atoms with Crippen LogP contribution in [0.1, 0.15) is 316 Å². The summed E-state index contributed by atoms with van der Waals surface area (Å²) in [6, 6.07) is 0. The summed E-state index contributed by atoms with van der Waals surface area (Å²) in [5, 5.41) is 20.6. The molecule has 0 rings (SSSR count). The number of esters is 3. The van der Waals surface area contributed by atoms with Crippen LogP contribution in [0.3, 0.4) is 0 Å². The van der Waals surface area contributed by atoms with Gasteiger partial charge in [-0.1, -0.05) is 301 Å². The zero-order chi connectivity index (χ0) is 75.2. The van der Waals surface area contributed by atoms with Gasteiger partial charge in [-0.3, -0.25) is 32.5 Å². The summed E-state index contributed by atoms with van der Waals surface area (Å²) < 4.78 is 61.1. The lowest BCUT2D eigenvalue weighted by Gasteiger charge is -2.21. The normalized spacial score (nSPS) is 14.7. The van der Waals surface area contributed by atoms with E-state index in [0.717, 1.165) is 173 Å². The molecule has 0 aromatic rings. The molecule has 0 aliphatic heterocycles. The van der Waals surface area contributed by atoms with Crippen LogP contribution in [0, 0.1) is 0 Å². The van der Waals surface area contributed by atoms with Crippen LogP contribution in [0.5, 0.6) is 0 Å². The van der Waals surface area contributed by atoms with E-state index in [-0.39, 0.29) is 19.3 Å². The summed E-state index contributed by atoms with van der Waals surface area (Å²) >= 11 is 0. The van der Waals surface area contributed by atoms with Gasteiger partial charge in [0.05, 0.1) is 26.4 Å². The fourth-order valence-electron chi connectivity index (χ4n) is 10.5. The second-order valence-corrected chi connectivity index (χ2v) is 29.4. The van der Waals surface area contributed by atoms with Gasteiger partial charge >= 0.3 is 33.6 Å². The molecule has 103 heavy (non-hydrogen) atoms.